The molecule has 0 rings (SSSR count). The zero-order valence-electron chi connectivity index (χ0n) is 8.83. The van der Waals surface area contributed by atoms with Crippen LogP contribution >= 0.6 is 0 Å². The van der Waals surface area contributed by atoms with Gasteiger partial charge in [0.15, 0.2) is 0 Å². The van der Waals surface area contributed by atoms with Gasteiger partial charge in [-0.2, -0.15) is 0 Å². The van der Waals surface area contributed by atoms with Crippen LogP contribution in [0.25, 0.3) is 0 Å². The van der Waals surface area contributed by atoms with Crippen LogP contribution < -0.4 is 10.6 Å². The molecule has 1 atom stereocenters. The van der Waals surface area contributed by atoms with E-state index in [9.17, 15) is 9.59 Å². The highest BCUT2D eigenvalue weighted by molar-refractivity contribution is 5.78. The Kier molecular flexibility index (Phi) is 5.87. The van der Waals surface area contributed by atoms with Crippen molar-refractivity contribution in [2.75, 3.05) is 13.6 Å². The van der Waals surface area contributed by atoms with E-state index in [1.807, 2.05) is 13.8 Å². The van der Waals surface area contributed by atoms with Crippen molar-refractivity contribution in [3.63, 3.8) is 0 Å². The van der Waals surface area contributed by atoms with Crippen LogP contribution in [0.15, 0.2) is 0 Å². The number of likely N-dealkylation sites (N-methyl/N-ethyl adjacent to an activating group) is 1. The lowest BCUT2D eigenvalue weighted by Gasteiger charge is -2.12. The van der Waals surface area contributed by atoms with Gasteiger partial charge in [-0.1, -0.05) is 13.8 Å². The van der Waals surface area contributed by atoms with E-state index in [1.54, 1.807) is 7.05 Å². The molecule has 0 aliphatic carbocycles. The number of carboxylic acids is 1. The van der Waals surface area contributed by atoms with Gasteiger partial charge in [0, 0.05) is 13.0 Å². The van der Waals surface area contributed by atoms with Crippen molar-refractivity contribution < 1.29 is 14.7 Å². The fourth-order valence-electron chi connectivity index (χ4n) is 0.972. The van der Waals surface area contributed by atoms with E-state index in [2.05, 4.69) is 10.6 Å². The zero-order valence-corrected chi connectivity index (χ0v) is 8.83. The maximum atomic E-state index is 11.2. The maximum absolute atomic E-state index is 11.2. The summed E-state index contributed by atoms with van der Waals surface area (Å²) in [6, 6.07) is -0.717. The molecule has 0 heterocycles. The predicted molar refractivity (Wildman–Crippen MR) is 52.9 cm³/mol. The summed E-state index contributed by atoms with van der Waals surface area (Å²) in [7, 11) is 1.55. The average Bonchev–Trinajstić information content (AvgIpc) is 2.03. The molecule has 5 nitrogen and oxygen atoms in total. The average molecular weight is 202 g/mol. The molecule has 0 aromatic rings. The first-order chi connectivity index (χ1) is 6.47. The second-order valence-electron chi connectivity index (χ2n) is 3.58. The number of carbonyl (C=O) groups is 2. The molecule has 0 aromatic carbocycles. The van der Waals surface area contributed by atoms with E-state index in [0.29, 0.717) is 6.42 Å². The number of hydrogen-bond donors (Lipinski definition) is 3. The molecule has 0 aliphatic rings. The van der Waals surface area contributed by atoms with Gasteiger partial charge < -0.3 is 15.7 Å². The number of carboxylic acid groups (broad SMARTS) is 1. The highest BCUT2D eigenvalue weighted by Gasteiger charge is 2.15. The van der Waals surface area contributed by atoms with Gasteiger partial charge in [0.1, 0.15) is 6.04 Å². The fourth-order valence-corrected chi connectivity index (χ4v) is 0.972. The van der Waals surface area contributed by atoms with E-state index >= 15 is 0 Å². The van der Waals surface area contributed by atoms with Crippen molar-refractivity contribution in [3.05, 3.63) is 0 Å². The topological polar surface area (TPSA) is 78.4 Å². The lowest BCUT2D eigenvalue weighted by molar-refractivity contribution is -0.139. The Labute approximate surface area is 83.9 Å². The maximum Gasteiger partial charge on any atom is 0.322 e. The fraction of sp³-hybridized carbons (Fsp3) is 0.778. The number of rotatable bonds is 6. The van der Waals surface area contributed by atoms with Crippen molar-refractivity contribution in [3.8, 4) is 0 Å². The van der Waals surface area contributed by atoms with Crippen molar-refractivity contribution in [1.82, 2.24) is 10.6 Å². The molecule has 0 fully saturated rings. The molecule has 3 N–H and O–H groups in total. The van der Waals surface area contributed by atoms with Crippen molar-refractivity contribution in [2.24, 2.45) is 5.92 Å². The summed E-state index contributed by atoms with van der Waals surface area (Å²) in [6.07, 6.45) is 0.427. The van der Waals surface area contributed by atoms with Crippen LogP contribution in [-0.4, -0.2) is 36.6 Å². The first-order valence-electron chi connectivity index (χ1n) is 4.64. The van der Waals surface area contributed by atoms with Gasteiger partial charge in [0.2, 0.25) is 5.91 Å². The van der Waals surface area contributed by atoms with Crippen LogP contribution in [0.1, 0.15) is 20.3 Å². The minimum atomic E-state index is -0.961. The van der Waals surface area contributed by atoms with Crippen molar-refractivity contribution in [2.45, 2.75) is 26.3 Å². The summed E-state index contributed by atoms with van der Waals surface area (Å²) < 4.78 is 0. The second kappa shape index (κ2) is 6.37. The molecule has 0 unspecified atom stereocenters. The Morgan fingerprint density at radius 1 is 1.36 bits per heavy atom. The number of carbonyl (C=O) groups excluding carboxylic acids is 1. The second-order valence-corrected chi connectivity index (χ2v) is 3.58. The predicted octanol–water partition coefficient (Wildman–Crippen LogP) is -0.179. The standard InChI is InChI=1S/C9H18N2O3/c1-6(2)4-8(12)11-5-7(10-3)9(13)14/h6-7,10H,4-5H2,1-3H3,(H,11,12)(H,13,14)/t7-/m1/s1. The summed E-state index contributed by atoms with van der Waals surface area (Å²) in [5.41, 5.74) is 0. The Morgan fingerprint density at radius 2 is 1.93 bits per heavy atom. The lowest BCUT2D eigenvalue weighted by Crippen LogP contribution is -2.44. The van der Waals surface area contributed by atoms with E-state index < -0.39 is 12.0 Å². The zero-order chi connectivity index (χ0) is 11.1. The van der Waals surface area contributed by atoms with Gasteiger partial charge in [0.05, 0.1) is 0 Å². The van der Waals surface area contributed by atoms with Crippen LogP contribution in [0.4, 0.5) is 0 Å². The normalized spacial score (nSPS) is 12.6. The molecule has 0 saturated heterocycles. The first-order valence-corrected chi connectivity index (χ1v) is 4.64. The van der Waals surface area contributed by atoms with Crippen LogP contribution in [-0.2, 0) is 9.59 Å². The molecule has 0 radical (unpaired) electrons. The summed E-state index contributed by atoms with van der Waals surface area (Å²) in [6.45, 7) is 4.00. The summed E-state index contributed by atoms with van der Waals surface area (Å²) in [5.74, 6) is -0.785. The Morgan fingerprint density at radius 3 is 2.29 bits per heavy atom. The van der Waals surface area contributed by atoms with E-state index in [0.717, 1.165) is 0 Å². The molecule has 0 aliphatic heterocycles. The van der Waals surface area contributed by atoms with Gasteiger partial charge >= 0.3 is 5.97 Å². The Bertz CT molecular complexity index is 204. The minimum Gasteiger partial charge on any atom is -0.480 e. The van der Waals surface area contributed by atoms with Crippen molar-refractivity contribution >= 4 is 11.9 Å². The molecular weight excluding hydrogens is 184 g/mol. The van der Waals surface area contributed by atoms with E-state index in [1.165, 1.54) is 0 Å². The number of amides is 1. The van der Waals surface area contributed by atoms with Gasteiger partial charge in [-0.05, 0) is 13.0 Å². The highest BCUT2D eigenvalue weighted by atomic mass is 16.4. The molecule has 14 heavy (non-hydrogen) atoms. The monoisotopic (exact) mass is 202 g/mol. The van der Waals surface area contributed by atoms with Crippen LogP contribution in [0.5, 0.6) is 0 Å². The quantitative estimate of drug-likeness (QED) is 0.558. The van der Waals surface area contributed by atoms with Crippen LogP contribution in [0.2, 0.25) is 0 Å². The lowest BCUT2D eigenvalue weighted by atomic mass is 10.1. The third kappa shape index (κ3) is 5.53. The molecule has 1 amide bonds. The first kappa shape index (κ1) is 12.9. The third-order valence-corrected chi connectivity index (χ3v) is 1.74. The Balaban J connectivity index is 3.80. The number of hydrogen-bond acceptors (Lipinski definition) is 3. The minimum absolute atomic E-state index is 0.110. The molecule has 0 aromatic heterocycles. The molecule has 5 heteroatoms. The smallest absolute Gasteiger partial charge is 0.322 e. The van der Waals surface area contributed by atoms with Crippen LogP contribution in [0, 0.1) is 5.92 Å². The summed E-state index contributed by atoms with van der Waals surface area (Å²) in [4.78, 5) is 21.7. The van der Waals surface area contributed by atoms with Gasteiger partial charge in [-0.3, -0.25) is 9.59 Å². The molecule has 82 valence electrons. The van der Waals surface area contributed by atoms with Crippen LogP contribution in [0.3, 0.4) is 0 Å². The summed E-state index contributed by atoms with van der Waals surface area (Å²) in [5, 5.41) is 13.8. The van der Waals surface area contributed by atoms with Gasteiger partial charge in [-0.25, -0.2) is 0 Å². The highest BCUT2D eigenvalue weighted by Crippen LogP contribution is 1.97. The summed E-state index contributed by atoms with van der Waals surface area (Å²) >= 11 is 0. The molecular formula is C9H18N2O3. The largest absolute Gasteiger partial charge is 0.480 e. The number of nitrogens with one attached hydrogen (secondary N) is 2. The van der Waals surface area contributed by atoms with E-state index in [-0.39, 0.29) is 18.4 Å². The SMILES string of the molecule is CN[C@H](CNC(=O)CC(C)C)C(=O)O. The van der Waals surface area contributed by atoms with Gasteiger partial charge in [-0.15, -0.1) is 0 Å². The molecule has 0 saturated carbocycles. The van der Waals surface area contributed by atoms with Gasteiger partial charge in [0.25, 0.3) is 0 Å². The third-order valence-electron chi connectivity index (χ3n) is 1.74. The van der Waals surface area contributed by atoms with E-state index in [4.69, 9.17) is 5.11 Å². The molecule has 0 bridgehead atoms. The van der Waals surface area contributed by atoms with Crippen molar-refractivity contribution in [1.29, 1.82) is 0 Å². The molecule has 0 spiro atoms. The number of aliphatic carboxylic acids is 1. The Hall–Kier alpha value is -1.10.